The molecule has 0 aromatic carbocycles. The number of thioether (sulfide) groups is 1. The zero-order chi connectivity index (χ0) is 14.8. The number of aromatic nitrogens is 1. The molecular formula is C11H11N3O4S2. The Balaban J connectivity index is 2.48. The van der Waals surface area contributed by atoms with Crippen LogP contribution in [-0.2, 0) is 14.8 Å². The number of carboxylic acids is 1. The van der Waals surface area contributed by atoms with Gasteiger partial charge in [0.2, 0.25) is 10.0 Å². The molecule has 1 saturated heterocycles. The Morgan fingerprint density at radius 1 is 1.60 bits per heavy atom. The highest BCUT2D eigenvalue weighted by Crippen LogP contribution is 2.25. The third-order valence-electron chi connectivity index (χ3n) is 2.83. The van der Waals surface area contributed by atoms with E-state index in [0.717, 1.165) is 4.31 Å². The summed E-state index contributed by atoms with van der Waals surface area (Å²) in [6.07, 6.45) is 1.32. The van der Waals surface area contributed by atoms with Crippen LogP contribution in [0.15, 0.2) is 23.2 Å². The number of sulfonamides is 1. The topological polar surface area (TPSA) is 111 Å². The van der Waals surface area contributed by atoms with Gasteiger partial charge in [0.05, 0.1) is 0 Å². The van der Waals surface area contributed by atoms with Gasteiger partial charge in [-0.3, -0.25) is 4.79 Å². The van der Waals surface area contributed by atoms with Crippen LogP contribution >= 0.6 is 11.8 Å². The van der Waals surface area contributed by atoms with E-state index in [2.05, 4.69) is 4.98 Å². The molecule has 1 atom stereocenters. The van der Waals surface area contributed by atoms with Gasteiger partial charge >= 0.3 is 5.97 Å². The van der Waals surface area contributed by atoms with E-state index in [0.29, 0.717) is 5.75 Å². The van der Waals surface area contributed by atoms with Crippen molar-refractivity contribution in [2.75, 3.05) is 18.1 Å². The Morgan fingerprint density at radius 3 is 3.00 bits per heavy atom. The molecule has 0 radical (unpaired) electrons. The molecular weight excluding hydrogens is 302 g/mol. The van der Waals surface area contributed by atoms with E-state index in [1.807, 2.05) is 0 Å². The van der Waals surface area contributed by atoms with E-state index in [1.54, 1.807) is 6.07 Å². The number of aliphatic carboxylic acids is 1. The molecule has 0 spiro atoms. The van der Waals surface area contributed by atoms with Crippen LogP contribution in [0.4, 0.5) is 0 Å². The summed E-state index contributed by atoms with van der Waals surface area (Å²) in [6.45, 7) is 0.101. The van der Waals surface area contributed by atoms with Crippen molar-refractivity contribution < 1.29 is 18.3 Å². The Hall–Kier alpha value is -1.63. The Morgan fingerprint density at radius 2 is 2.35 bits per heavy atom. The third-order valence-corrected chi connectivity index (χ3v) is 5.79. The van der Waals surface area contributed by atoms with Crippen molar-refractivity contribution in [1.82, 2.24) is 9.29 Å². The quantitative estimate of drug-likeness (QED) is 0.845. The smallest absolute Gasteiger partial charge is 0.322 e. The summed E-state index contributed by atoms with van der Waals surface area (Å²) >= 11 is 1.39. The molecule has 0 saturated carbocycles. The van der Waals surface area contributed by atoms with Crippen molar-refractivity contribution in [3.63, 3.8) is 0 Å². The molecule has 1 aliphatic rings. The first-order valence-corrected chi connectivity index (χ1v) is 8.25. The first kappa shape index (κ1) is 14.8. The summed E-state index contributed by atoms with van der Waals surface area (Å²) in [7, 11) is -4.04. The van der Waals surface area contributed by atoms with Crippen molar-refractivity contribution in [3.8, 4) is 6.07 Å². The van der Waals surface area contributed by atoms with Crippen LogP contribution in [-0.4, -0.2) is 52.9 Å². The Bertz CT molecular complexity index is 668. The Kier molecular flexibility index (Phi) is 4.27. The maximum atomic E-state index is 12.5. The molecule has 9 heteroatoms. The van der Waals surface area contributed by atoms with Gasteiger partial charge in [0, 0.05) is 24.2 Å². The molecule has 1 aromatic heterocycles. The maximum absolute atomic E-state index is 12.5. The summed E-state index contributed by atoms with van der Waals surface area (Å²) < 4.78 is 26.0. The van der Waals surface area contributed by atoms with Crippen molar-refractivity contribution >= 4 is 27.8 Å². The fraction of sp³-hybridized carbons (Fsp3) is 0.364. The number of hydrogen-bond donors (Lipinski definition) is 1. The van der Waals surface area contributed by atoms with Crippen LogP contribution in [0.2, 0.25) is 0 Å². The van der Waals surface area contributed by atoms with Crippen LogP contribution in [0.1, 0.15) is 5.69 Å². The minimum Gasteiger partial charge on any atom is -0.480 e. The molecule has 1 aromatic rings. The lowest BCUT2D eigenvalue weighted by molar-refractivity contribution is -0.140. The molecule has 1 unspecified atom stereocenters. The summed E-state index contributed by atoms with van der Waals surface area (Å²) in [5.41, 5.74) is -0.227. The zero-order valence-corrected chi connectivity index (χ0v) is 11.9. The maximum Gasteiger partial charge on any atom is 0.322 e. The van der Waals surface area contributed by atoms with Crippen LogP contribution in [0, 0.1) is 11.3 Å². The van der Waals surface area contributed by atoms with Crippen LogP contribution < -0.4 is 0 Å². The van der Waals surface area contributed by atoms with Gasteiger partial charge in [-0.2, -0.15) is 21.3 Å². The largest absolute Gasteiger partial charge is 0.480 e. The van der Waals surface area contributed by atoms with Crippen molar-refractivity contribution in [2.45, 2.75) is 10.9 Å². The molecule has 2 heterocycles. The fourth-order valence-electron chi connectivity index (χ4n) is 1.88. The molecule has 0 amide bonds. The van der Waals surface area contributed by atoms with Gasteiger partial charge in [-0.1, -0.05) is 0 Å². The van der Waals surface area contributed by atoms with E-state index in [-0.39, 0.29) is 22.9 Å². The highest BCUT2D eigenvalue weighted by Gasteiger charge is 2.39. The number of carbonyl (C=O) groups is 1. The second kappa shape index (κ2) is 5.78. The van der Waals surface area contributed by atoms with Gasteiger partial charge < -0.3 is 5.11 Å². The molecule has 106 valence electrons. The highest BCUT2D eigenvalue weighted by molar-refractivity contribution is 7.99. The zero-order valence-electron chi connectivity index (χ0n) is 10.3. The predicted molar refractivity (Wildman–Crippen MR) is 71.6 cm³/mol. The third kappa shape index (κ3) is 2.63. The van der Waals surface area contributed by atoms with Crippen LogP contribution in [0.25, 0.3) is 0 Å². The molecule has 1 aliphatic heterocycles. The minimum absolute atomic E-state index is 0.101. The van der Waals surface area contributed by atoms with E-state index in [4.69, 9.17) is 10.4 Å². The highest BCUT2D eigenvalue weighted by atomic mass is 32.2. The van der Waals surface area contributed by atoms with Crippen molar-refractivity contribution in [2.24, 2.45) is 0 Å². The van der Waals surface area contributed by atoms with Gasteiger partial charge in [-0.05, 0) is 12.1 Å². The second-order valence-corrected chi connectivity index (χ2v) is 7.02. The van der Waals surface area contributed by atoms with Crippen molar-refractivity contribution in [3.05, 3.63) is 24.0 Å². The predicted octanol–water partition coefficient (Wildman–Crippen LogP) is 0.144. The number of nitriles is 1. The van der Waals surface area contributed by atoms with Gasteiger partial charge in [-0.25, -0.2) is 13.4 Å². The number of carboxylic acid groups (broad SMARTS) is 1. The van der Waals surface area contributed by atoms with Gasteiger partial charge in [0.25, 0.3) is 0 Å². The number of nitrogens with zero attached hydrogens (tertiary/aromatic N) is 3. The van der Waals surface area contributed by atoms with E-state index in [9.17, 15) is 13.2 Å². The second-order valence-electron chi connectivity index (χ2n) is 4.01. The summed E-state index contributed by atoms with van der Waals surface area (Å²) in [5, 5.41) is 18.1. The van der Waals surface area contributed by atoms with Gasteiger partial charge in [-0.15, -0.1) is 0 Å². The lowest BCUT2D eigenvalue weighted by atomic mass is 10.3. The normalized spacial score (nSPS) is 20.2. The molecule has 0 aliphatic carbocycles. The standard InChI is InChI=1S/C11H11N3O4S2/c12-6-8-10(2-1-3-13-8)20(17,18)14-4-5-19-7-9(14)11(15)16/h1-3,9H,4-5,7H2,(H,15,16). The van der Waals surface area contributed by atoms with Crippen molar-refractivity contribution in [1.29, 1.82) is 5.26 Å². The number of hydrogen-bond acceptors (Lipinski definition) is 6. The van der Waals surface area contributed by atoms with Crippen LogP contribution in [0.5, 0.6) is 0 Å². The molecule has 1 N–H and O–H groups in total. The lowest BCUT2D eigenvalue weighted by Crippen LogP contribution is -2.50. The summed E-state index contributed by atoms with van der Waals surface area (Å²) in [4.78, 5) is 14.7. The first-order valence-electron chi connectivity index (χ1n) is 5.66. The minimum atomic E-state index is -4.04. The SMILES string of the molecule is N#Cc1ncccc1S(=O)(=O)N1CCSCC1C(=O)O. The Labute approximate surface area is 120 Å². The van der Waals surface area contributed by atoms with Gasteiger partial charge in [0.1, 0.15) is 17.0 Å². The average molecular weight is 313 g/mol. The first-order chi connectivity index (χ1) is 9.48. The monoisotopic (exact) mass is 313 g/mol. The fourth-order valence-corrected chi connectivity index (χ4v) is 4.81. The molecule has 2 rings (SSSR count). The summed E-state index contributed by atoms with van der Waals surface area (Å²) in [6, 6.07) is 3.27. The molecule has 7 nitrogen and oxygen atoms in total. The molecule has 20 heavy (non-hydrogen) atoms. The lowest BCUT2D eigenvalue weighted by Gasteiger charge is -2.31. The number of pyridine rings is 1. The van der Waals surface area contributed by atoms with E-state index < -0.39 is 22.0 Å². The van der Waals surface area contributed by atoms with E-state index >= 15 is 0 Å². The molecule has 1 fully saturated rings. The number of rotatable bonds is 3. The summed E-state index contributed by atoms with van der Waals surface area (Å²) in [5.74, 6) is -0.481. The average Bonchev–Trinajstić information content (AvgIpc) is 2.47. The van der Waals surface area contributed by atoms with Crippen LogP contribution in [0.3, 0.4) is 0 Å². The van der Waals surface area contributed by atoms with E-state index in [1.165, 1.54) is 30.1 Å². The molecule has 0 bridgehead atoms. The van der Waals surface area contributed by atoms with Gasteiger partial charge in [0.15, 0.2) is 5.69 Å².